The second-order valence-corrected chi connectivity index (χ2v) is 3.04. The highest BCUT2D eigenvalue weighted by Crippen LogP contribution is 2.17. The van der Waals surface area contributed by atoms with Crippen molar-refractivity contribution < 1.29 is 9.84 Å². The van der Waals surface area contributed by atoms with E-state index in [-0.39, 0.29) is 18.4 Å². The molecule has 80 valence electrons. The Bertz CT molecular complexity index is 261. The maximum Gasteiger partial charge on any atom is 0.118 e. The Hall–Kier alpha value is -0.770. The van der Waals surface area contributed by atoms with E-state index in [4.69, 9.17) is 10.5 Å². The summed E-state index contributed by atoms with van der Waals surface area (Å²) in [5, 5.41) is 9.24. The maximum atomic E-state index is 9.24. The molecule has 3 N–H and O–H groups in total. The van der Waals surface area contributed by atoms with Crippen molar-refractivity contribution in [3.8, 4) is 5.75 Å². The van der Waals surface area contributed by atoms with Gasteiger partial charge in [0.05, 0.1) is 19.3 Å². The van der Waals surface area contributed by atoms with E-state index < -0.39 is 6.10 Å². The molecule has 1 aromatic rings. The summed E-state index contributed by atoms with van der Waals surface area (Å²) in [6.07, 6.45) is -0.534. The number of aliphatic hydroxyl groups excluding tert-OH is 1. The topological polar surface area (TPSA) is 55.5 Å². The molecule has 0 radical (unpaired) electrons. The third-order valence-corrected chi connectivity index (χ3v) is 2.02. The number of hydrogen-bond donors (Lipinski definition) is 2. The van der Waals surface area contributed by atoms with E-state index in [1.165, 1.54) is 0 Å². The van der Waals surface area contributed by atoms with E-state index in [0.29, 0.717) is 0 Å². The number of methoxy groups -OCH3 is 1. The second kappa shape index (κ2) is 5.86. The van der Waals surface area contributed by atoms with Crippen molar-refractivity contribution in [3.63, 3.8) is 0 Å². The van der Waals surface area contributed by atoms with E-state index in [2.05, 4.69) is 0 Å². The first-order valence-corrected chi connectivity index (χ1v) is 4.22. The highest BCUT2D eigenvalue weighted by Gasteiger charge is 2.11. The van der Waals surface area contributed by atoms with Gasteiger partial charge in [0, 0.05) is 0 Å². The molecule has 0 amide bonds. The largest absolute Gasteiger partial charge is 0.497 e. The fourth-order valence-corrected chi connectivity index (χ4v) is 1.10. The summed E-state index contributed by atoms with van der Waals surface area (Å²) >= 11 is 0. The number of halogens is 1. The quantitative estimate of drug-likeness (QED) is 0.807. The lowest BCUT2D eigenvalue weighted by Gasteiger charge is -2.14. The highest BCUT2D eigenvalue weighted by molar-refractivity contribution is 5.85. The standard InChI is InChI=1S/C10H15NO2.ClH/c1-7(12)10(11)8-3-5-9(13-2)6-4-8;/h3-7,10,12H,11H2,1-2H3;1H/t7-,10-;/m1./s1. The Labute approximate surface area is 90.3 Å². The third kappa shape index (κ3) is 3.18. The third-order valence-electron chi connectivity index (χ3n) is 2.02. The molecule has 0 saturated carbocycles. The molecule has 0 heterocycles. The van der Waals surface area contributed by atoms with Crippen molar-refractivity contribution in [1.29, 1.82) is 0 Å². The minimum absolute atomic E-state index is 0. The lowest BCUT2D eigenvalue weighted by atomic mass is 10.0. The van der Waals surface area contributed by atoms with Crippen molar-refractivity contribution in [2.24, 2.45) is 5.73 Å². The van der Waals surface area contributed by atoms with Crippen LogP contribution in [0.3, 0.4) is 0 Å². The SMILES string of the molecule is COc1ccc([C@H](N)[C@@H](C)O)cc1.Cl. The molecule has 0 saturated heterocycles. The van der Waals surface area contributed by atoms with Crippen molar-refractivity contribution in [2.45, 2.75) is 19.1 Å². The Balaban J connectivity index is 0.00000169. The number of hydrogen-bond acceptors (Lipinski definition) is 3. The number of benzene rings is 1. The lowest BCUT2D eigenvalue weighted by Crippen LogP contribution is -2.22. The molecular weight excluding hydrogens is 202 g/mol. The molecule has 0 bridgehead atoms. The van der Waals surface area contributed by atoms with Crippen LogP contribution < -0.4 is 10.5 Å². The van der Waals surface area contributed by atoms with Crippen LogP contribution in [0.4, 0.5) is 0 Å². The molecule has 0 spiro atoms. The maximum absolute atomic E-state index is 9.24. The minimum Gasteiger partial charge on any atom is -0.497 e. The van der Waals surface area contributed by atoms with Gasteiger partial charge in [-0.25, -0.2) is 0 Å². The number of ether oxygens (including phenoxy) is 1. The predicted octanol–water partition coefficient (Wildman–Crippen LogP) is 1.50. The zero-order valence-electron chi connectivity index (χ0n) is 8.31. The first kappa shape index (κ1) is 13.2. The summed E-state index contributed by atoms with van der Waals surface area (Å²) in [4.78, 5) is 0. The molecule has 0 aliphatic carbocycles. The summed E-state index contributed by atoms with van der Waals surface area (Å²) < 4.78 is 5.01. The van der Waals surface area contributed by atoms with Crippen molar-refractivity contribution >= 4 is 12.4 Å². The molecule has 0 aliphatic heterocycles. The van der Waals surface area contributed by atoms with Crippen LogP contribution in [-0.4, -0.2) is 18.3 Å². The first-order chi connectivity index (χ1) is 6.15. The predicted molar refractivity (Wildman–Crippen MR) is 58.9 cm³/mol. The van der Waals surface area contributed by atoms with Gasteiger partial charge in [0.25, 0.3) is 0 Å². The smallest absolute Gasteiger partial charge is 0.118 e. The Morgan fingerprint density at radius 2 is 1.79 bits per heavy atom. The highest BCUT2D eigenvalue weighted by atomic mass is 35.5. The molecule has 0 unspecified atom stereocenters. The van der Waals surface area contributed by atoms with Crippen LogP contribution in [0.25, 0.3) is 0 Å². The molecule has 14 heavy (non-hydrogen) atoms. The van der Waals surface area contributed by atoms with E-state index in [9.17, 15) is 5.11 Å². The van der Waals surface area contributed by atoms with Gasteiger partial charge in [-0.1, -0.05) is 12.1 Å². The molecule has 0 aromatic heterocycles. The molecule has 4 heteroatoms. The average Bonchev–Trinajstić information content (AvgIpc) is 2.17. The van der Waals surface area contributed by atoms with Gasteiger partial charge in [-0.2, -0.15) is 0 Å². The monoisotopic (exact) mass is 217 g/mol. The van der Waals surface area contributed by atoms with E-state index >= 15 is 0 Å². The molecular formula is C10H16ClNO2. The minimum atomic E-state index is -0.534. The summed E-state index contributed by atoms with van der Waals surface area (Å²) in [6.45, 7) is 1.68. The molecule has 3 nitrogen and oxygen atoms in total. The van der Waals surface area contributed by atoms with Gasteiger partial charge in [-0.05, 0) is 24.6 Å². The second-order valence-electron chi connectivity index (χ2n) is 3.04. The van der Waals surface area contributed by atoms with E-state index in [0.717, 1.165) is 11.3 Å². The summed E-state index contributed by atoms with van der Waals surface area (Å²) in [7, 11) is 1.61. The van der Waals surface area contributed by atoms with Crippen LogP contribution in [0.1, 0.15) is 18.5 Å². The Morgan fingerprint density at radius 1 is 1.29 bits per heavy atom. The average molecular weight is 218 g/mol. The fourth-order valence-electron chi connectivity index (χ4n) is 1.10. The summed E-state index contributed by atoms with van der Waals surface area (Å²) in [5.74, 6) is 0.793. The zero-order chi connectivity index (χ0) is 9.84. The van der Waals surface area contributed by atoms with Crippen molar-refractivity contribution in [2.75, 3.05) is 7.11 Å². The van der Waals surface area contributed by atoms with Crippen LogP contribution in [0, 0.1) is 0 Å². The van der Waals surface area contributed by atoms with Crippen LogP contribution in [0.5, 0.6) is 5.75 Å². The fraction of sp³-hybridized carbons (Fsp3) is 0.400. The van der Waals surface area contributed by atoms with Gasteiger partial charge in [0.1, 0.15) is 5.75 Å². The number of aliphatic hydroxyl groups is 1. The normalized spacial score (nSPS) is 14.0. The summed E-state index contributed by atoms with van der Waals surface area (Å²) in [5.41, 5.74) is 6.65. The Morgan fingerprint density at radius 3 is 2.14 bits per heavy atom. The lowest BCUT2D eigenvalue weighted by molar-refractivity contribution is 0.164. The first-order valence-electron chi connectivity index (χ1n) is 4.22. The van der Waals surface area contributed by atoms with Crippen molar-refractivity contribution in [3.05, 3.63) is 29.8 Å². The molecule has 0 fully saturated rings. The molecule has 1 aromatic carbocycles. The molecule has 2 atom stereocenters. The van der Waals surface area contributed by atoms with Gasteiger partial charge in [-0.15, -0.1) is 12.4 Å². The van der Waals surface area contributed by atoms with Crippen LogP contribution in [0.15, 0.2) is 24.3 Å². The van der Waals surface area contributed by atoms with E-state index in [1.54, 1.807) is 14.0 Å². The number of nitrogens with two attached hydrogens (primary N) is 1. The van der Waals surface area contributed by atoms with Gasteiger partial charge >= 0.3 is 0 Å². The summed E-state index contributed by atoms with van der Waals surface area (Å²) in [6, 6.07) is 7.05. The van der Waals surface area contributed by atoms with Gasteiger partial charge < -0.3 is 15.6 Å². The van der Waals surface area contributed by atoms with Gasteiger partial charge in [0.15, 0.2) is 0 Å². The van der Waals surface area contributed by atoms with Crippen LogP contribution in [-0.2, 0) is 0 Å². The van der Waals surface area contributed by atoms with Crippen LogP contribution in [0.2, 0.25) is 0 Å². The van der Waals surface area contributed by atoms with Gasteiger partial charge in [-0.3, -0.25) is 0 Å². The number of rotatable bonds is 3. The molecule has 0 aliphatic rings. The van der Waals surface area contributed by atoms with E-state index in [1.807, 2.05) is 24.3 Å². The molecule has 1 rings (SSSR count). The Kier molecular flexibility index (Phi) is 5.53. The van der Waals surface area contributed by atoms with Gasteiger partial charge in [0.2, 0.25) is 0 Å². The van der Waals surface area contributed by atoms with Crippen molar-refractivity contribution in [1.82, 2.24) is 0 Å². The van der Waals surface area contributed by atoms with Crippen LogP contribution >= 0.6 is 12.4 Å². The zero-order valence-corrected chi connectivity index (χ0v) is 9.12.